The van der Waals surface area contributed by atoms with Crippen molar-refractivity contribution in [3.63, 3.8) is 0 Å². The molecule has 0 bridgehead atoms. The molecule has 0 amide bonds. The summed E-state index contributed by atoms with van der Waals surface area (Å²) in [4.78, 5) is 13.6. The van der Waals surface area contributed by atoms with Gasteiger partial charge in [-0.05, 0) is 34.7 Å². The third-order valence-electron chi connectivity index (χ3n) is 3.50. The lowest BCUT2D eigenvalue weighted by molar-refractivity contribution is 0.739. The SMILES string of the molecule is CNc1nc(-c2cncn2C2CC2)nc(C(C)C)c1Br. The highest BCUT2D eigenvalue weighted by Gasteiger charge is 2.27. The van der Waals surface area contributed by atoms with E-state index in [1.807, 2.05) is 19.6 Å². The van der Waals surface area contributed by atoms with Gasteiger partial charge in [0.2, 0.25) is 0 Å². The van der Waals surface area contributed by atoms with Gasteiger partial charge in [0.15, 0.2) is 5.82 Å². The molecule has 0 atom stereocenters. The van der Waals surface area contributed by atoms with Crippen LogP contribution < -0.4 is 5.32 Å². The number of aromatic nitrogens is 4. The summed E-state index contributed by atoms with van der Waals surface area (Å²) in [6.45, 7) is 4.27. The maximum Gasteiger partial charge on any atom is 0.180 e. The normalized spacial score (nSPS) is 14.8. The van der Waals surface area contributed by atoms with Gasteiger partial charge in [0.1, 0.15) is 11.5 Å². The number of halogens is 1. The van der Waals surface area contributed by atoms with Gasteiger partial charge in [-0.2, -0.15) is 0 Å². The van der Waals surface area contributed by atoms with Gasteiger partial charge in [0.05, 0.1) is 22.7 Å². The second-order valence-electron chi connectivity index (χ2n) is 5.42. The molecule has 1 aliphatic carbocycles. The van der Waals surface area contributed by atoms with E-state index in [4.69, 9.17) is 4.98 Å². The maximum absolute atomic E-state index is 4.73. The molecular formula is C14H18BrN5. The van der Waals surface area contributed by atoms with Crippen LogP contribution in [0, 0.1) is 0 Å². The van der Waals surface area contributed by atoms with Crippen LogP contribution in [-0.4, -0.2) is 26.6 Å². The molecule has 2 aromatic rings. The molecule has 20 heavy (non-hydrogen) atoms. The van der Waals surface area contributed by atoms with Crippen molar-refractivity contribution in [3.8, 4) is 11.5 Å². The topological polar surface area (TPSA) is 55.6 Å². The zero-order valence-electron chi connectivity index (χ0n) is 11.9. The van der Waals surface area contributed by atoms with Crippen molar-refractivity contribution in [3.05, 3.63) is 22.7 Å². The Hall–Kier alpha value is -1.43. The average molecular weight is 336 g/mol. The molecule has 5 nitrogen and oxygen atoms in total. The highest BCUT2D eigenvalue weighted by Crippen LogP contribution is 2.38. The lowest BCUT2D eigenvalue weighted by Gasteiger charge is -2.14. The van der Waals surface area contributed by atoms with Gasteiger partial charge in [-0.3, -0.25) is 0 Å². The van der Waals surface area contributed by atoms with Gasteiger partial charge in [-0.15, -0.1) is 0 Å². The third-order valence-corrected chi connectivity index (χ3v) is 4.28. The fourth-order valence-electron chi connectivity index (χ4n) is 2.25. The molecule has 106 valence electrons. The predicted molar refractivity (Wildman–Crippen MR) is 82.9 cm³/mol. The van der Waals surface area contributed by atoms with E-state index in [1.54, 1.807) is 0 Å². The molecule has 1 saturated carbocycles. The largest absolute Gasteiger partial charge is 0.372 e. The molecule has 0 radical (unpaired) electrons. The van der Waals surface area contributed by atoms with Crippen LogP contribution in [0.2, 0.25) is 0 Å². The molecule has 0 aromatic carbocycles. The van der Waals surface area contributed by atoms with Gasteiger partial charge in [-0.1, -0.05) is 13.8 Å². The summed E-state index contributed by atoms with van der Waals surface area (Å²) in [5, 5.41) is 3.13. The summed E-state index contributed by atoms with van der Waals surface area (Å²) in [6, 6.07) is 0.570. The first-order valence-electron chi connectivity index (χ1n) is 6.89. The first kappa shape index (κ1) is 13.5. The van der Waals surface area contributed by atoms with Crippen LogP contribution in [-0.2, 0) is 0 Å². The first-order chi connectivity index (χ1) is 9.61. The summed E-state index contributed by atoms with van der Waals surface area (Å²) in [6.07, 6.45) is 6.17. The Labute approximate surface area is 127 Å². The van der Waals surface area contributed by atoms with Crippen molar-refractivity contribution in [2.24, 2.45) is 0 Å². The van der Waals surface area contributed by atoms with Crippen molar-refractivity contribution < 1.29 is 0 Å². The van der Waals surface area contributed by atoms with E-state index in [0.717, 1.165) is 27.5 Å². The molecule has 1 aliphatic rings. The number of hydrogen-bond donors (Lipinski definition) is 1. The number of rotatable bonds is 4. The Kier molecular flexibility index (Phi) is 3.50. The highest BCUT2D eigenvalue weighted by atomic mass is 79.9. The molecule has 3 rings (SSSR count). The van der Waals surface area contributed by atoms with Gasteiger partial charge in [0.25, 0.3) is 0 Å². The predicted octanol–water partition coefficient (Wildman–Crippen LogP) is 3.60. The Morgan fingerprint density at radius 1 is 1.35 bits per heavy atom. The lowest BCUT2D eigenvalue weighted by Crippen LogP contribution is -2.06. The minimum Gasteiger partial charge on any atom is -0.372 e. The van der Waals surface area contributed by atoms with E-state index in [2.05, 4.69) is 49.6 Å². The lowest BCUT2D eigenvalue weighted by atomic mass is 10.1. The number of anilines is 1. The van der Waals surface area contributed by atoms with Crippen LogP contribution in [0.1, 0.15) is 44.3 Å². The number of imidazole rings is 1. The molecule has 1 fully saturated rings. The second kappa shape index (κ2) is 5.16. The fourth-order valence-corrected chi connectivity index (χ4v) is 3.08. The van der Waals surface area contributed by atoms with Gasteiger partial charge in [0, 0.05) is 13.1 Å². The van der Waals surface area contributed by atoms with E-state index >= 15 is 0 Å². The van der Waals surface area contributed by atoms with E-state index < -0.39 is 0 Å². The van der Waals surface area contributed by atoms with Gasteiger partial charge in [-0.25, -0.2) is 15.0 Å². The number of nitrogens with one attached hydrogen (secondary N) is 1. The van der Waals surface area contributed by atoms with Crippen molar-refractivity contribution in [1.29, 1.82) is 0 Å². The van der Waals surface area contributed by atoms with Crippen molar-refractivity contribution >= 4 is 21.7 Å². The summed E-state index contributed by atoms with van der Waals surface area (Å²) in [7, 11) is 1.87. The summed E-state index contributed by atoms with van der Waals surface area (Å²) >= 11 is 3.59. The first-order valence-corrected chi connectivity index (χ1v) is 7.68. The summed E-state index contributed by atoms with van der Waals surface area (Å²) in [5.41, 5.74) is 2.02. The Morgan fingerprint density at radius 2 is 2.10 bits per heavy atom. The third kappa shape index (κ3) is 2.32. The minimum atomic E-state index is 0.329. The second-order valence-corrected chi connectivity index (χ2v) is 6.21. The zero-order chi connectivity index (χ0) is 14.3. The van der Waals surface area contributed by atoms with E-state index in [0.29, 0.717) is 12.0 Å². The summed E-state index contributed by atoms with van der Waals surface area (Å²) in [5.74, 6) is 1.89. The average Bonchev–Trinajstić information content (AvgIpc) is 3.16. The Balaban J connectivity index is 2.13. The molecule has 0 saturated heterocycles. The molecular weight excluding hydrogens is 318 g/mol. The van der Waals surface area contributed by atoms with Crippen LogP contribution in [0.25, 0.3) is 11.5 Å². The monoisotopic (exact) mass is 335 g/mol. The maximum atomic E-state index is 4.73. The van der Waals surface area contributed by atoms with E-state index in [-0.39, 0.29) is 0 Å². The van der Waals surface area contributed by atoms with E-state index in [9.17, 15) is 0 Å². The zero-order valence-corrected chi connectivity index (χ0v) is 13.5. The van der Waals surface area contributed by atoms with Crippen LogP contribution >= 0.6 is 15.9 Å². The molecule has 0 unspecified atom stereocenters. The van der Waals surface area contributed by atoms with Gasteiger partial charge >= 0.3 is 0 Å². The standard InChI is InChI=1S/C14H18BrN5/c1-8(2)12-11(15)14(16-3)19-13(18-12)10-6-17-7-20(10)9-4-5-9/h6-9H,4-5H2,1-3H3,(H,16,18,19). The Bertz CT molecular complexity index is 630. The summed E-state index contributed by atoms with van der Waals surface area (Å²) < 4.78 is 3.13. The van der Waals surface area contributed by atoms with Crippen molar-refractivity contribution in [1.82, 2.24) is 19.5 Å². The molecule has 0 spiro atoms. The molecule has 2 heterocycles. The van der Waals surface area contributed by atoms with Crippen LogP contribution in [0.4, 0.5) is 5.82 Å². The number of hydrogen-bond acceptors (Lipinski definition) is 4. The Morgan fingerprint density at radius 3 is 2.70 bits per heavy atom. The molecule has 6 heteroatoms. The van der Waals surface area contributed by atoms with E-state index in [1.165, 1.54) is 12.8 Å². The minimum absolute atomic E-state index is 0.329. The molecule has 0 aliphatic heterocycles. The van der Waals surface area contributed by atoms with Crippen molar-refractivity contribution in [2.45, 2.75) is 38.6 Å². The fraction of sp³-hybridized carbons (Fsp3) is 0.500. The molecule has 2 aromatic heterocycles. The quantitative estimate of drug-likeness (QED) is 0.927. The van der Waals surface area contributed by atoms with Crippen molar-refractivity contribution in [2.75, 3.05) is 12.4 Å². The van der Waals surface area contributed by atoms with Crippen LogP contribution in [0.5, 0.6) is 0 Å². The molecule has 1 N–H and O–H groups in total. The van der Waals surface area contributed by atoms with Crippen LogP contribution in [0.3, 0.4) is 0 Å². The smallest absolute Gasteiger partial charge is 0.180 e. The van der Waals surface area contributed by atoms with Crippen LogP contribution in [0.15, 0.2) is 17.0 Å². The number of nitrogens with zero attached hydrogens (tertiary/aromatic N) is 4. The highest BCUT2D eigenvalue weighted by molar-refractivity contribution is 9.10. The van der Waals surface area contributed by atoms with Gasteiger partial charge < -0.3 is 9.88 Å².